The van der Waals surface area contributed by atoms with E-state index in [-0.39, 0.29) is 28.8 Å². The first-order valence-corrected chi connectivity index (χ1v) is 23.5. The number of hydrogen-bond donors (Lipinski definition) is 10. The van der Waals surface area contributed by atoms with Crippen LogP contribution in [0.15, 0.2) is 11.6 Å². The molecule has 0 unspecified atom stereocenters. The van der Waals surface area contributed by atoms with Crippen molar-refractivity contribution >= 4 is 0 Å². The topological polar surface area (TPSA) is 259 Å². The average Bonchev–Trinajstić information content (AvgIpc) is 3.70. The summed E-state index contributed by atoms with van der Waals surface area (Å²) < 4.78 is 43.5. The maximum Gasteiger partial charge on any atom is 0.187 e. The Labute approximate surface area is 364 Å². The van der Waals surface area contributed by atoms with Gasteiger partial charge in [-0.2, -0.15) is 0 Å². The quantitative estimate of drug-likeness (QED) is 0.142. The Bertz CT molecular complexity index is 1610. The summed E-state index contributed by atoms with van der Waals surface area (Å²) in [4.78, 5) is 0. The van der Waals surface area contributed by atoms with Crippen molar-refractivity contribution in [2.75, 3.05) is 19.8 Å². The normalized spacial score (nSPS) is 57.6. The third-order valence-corrected chi connectivity index (χ3v) is 17.9. The number of hydrogen-bond acceptors (Lipinski definition) is 17. The zero-order chi connectivity index (χ0) is 44.2. The second kappa shape index (κ2) is 17.3. The Morgan fingerprint density at radius 2 is 1.37 bits per heavy atom. The minimum atomic E-state index is -1.81. The van der Waals surface area contributed by atoms with Gasteiger partial charge in [0, 0.05) is 12.5 Å². The van der Waals surface area contributed by atoms with Gasteiger partial charge in [-0.3, -0.25) is 5.32 Å². The molecule has 3 saturated carbocycles. The molecule has 1 spiro atoms. The summed E-state index contributed by atoms with van der Waals surface area (Å²) in [5.74, 6) is 3.36. The molecule has 5 aliphatic heterocycles. The van der Waals surface area contributed by atoms with Gasteiger partial charge in [0.1, 0.15) is 72.9 Å². The number of fused-ring (bicyclic) bond motifs is 7. The lowest BCUT2D eigenvalue weighted by Gasteiger charge is -2.59. The molecule has 4 aliphatic carbocycles. The van der Waals surface area contributed by atoms with E-state index in [1.54, 1.807) is 0 Å². The summed E-state index contributed by atoms with van der Waals surface area (Å²) in [6.07, 6.45) is -11.6. The molecule has 0 bridgehead atoms. The SMILES string of the molecule is C[C@@H]1CC[C@@]2(NC1)O[C@H]1C[C@@H]3[C@@H]4CC=C5C[C@@H](O[C@@H]6O[C@H](CO)[C@@H](O[C@@H]7O[C@H](CO)[C@@H](O)[C@H](O)[C@H]7O)[C@H](O)[C@H]6O[C@@H]6O[C@@H](C)[C@H](O)[C@@H](O)[C@H]6O)CC[C@]5(C)[C@H]4CC[C@]3(C)[C@H]1[C@@H]2C. The molecule has 0 amide bonds. The van der Waals surface area contributed by atoms with E-state index in [1.807, 2.05) is 0 Å². The summed E-state index contributed by atoms with van der Waals surface area (Å²) in [6.45, 7) is 10.9. The first kappa shape index (κ1) is 46.2. The monoisotopic (exact) mass is 883 g/mol. The largest absolute Gasteiger partial charge is 0.394 e. The van der Waals surface area contributed by atoms with Gasteiger partial charge >= 0.3 is 0 Å². The van der Waals surface area contributed by atoms with Crippen LogP contribution in [0.25, 0.3) is 0 Å². The van der Waals surface area contributed by atoms with Crippen LogP contribution in [0.3, 0.4) is 0 Å². The molecule has 0 aromatic heterocycles. The van der Waals surface area contributed by atoms with E-state index in [0.29, 0.717) is 48.3 Å². The van der Waals surface area contributed by atoms with E-state index in [4.69, 9.17) is 33.2 Å². The predicted octanol–water partition coefficient (Wildman–Crippen LogP) is -0.213. The maximum atomic E-state index is 12.0. The van der Waals surface area contributed by atoms with Gasteiger partial charge in [-0.05, 0) is 105 Å². The number of aliphatic hydroxyl groups excluding tert-OH is 9. The molecule has 0 aromatic carbocycles. The van der Waals surface area contributed by atoms with Crippen LogP contribution >= 0.6 is 0 Å². The smallest absolute Gasteiger partial charge is 0.187 e. The number of rotatable bonds is 8. The minimum absolute atomic E-state index is 0.0233. The molecule has 10 N–H and O–H groups in total. The second-order valence-corrected chi connectivity index (χ2v) is 21.2. The van der Waals surface area contributed by atoms with Crippen molar-refractivity contribution in [3.05, 3.63) is 11.6 Å². The highest BCUT2D eigenvalue weighted by Crippen LogP contribution is 2.70. The summed E-state index contributed by atoms with van der Waals surface area (Å²) in [6, 6.07) is 0. The second-order valence-electron chi connectivity index (χ2n) is 21.2. The van der Waals surface area contributed by atoms with Gasteiger partial charge in [0.25, 0.3) is 0 Å². The van der Waals surface area contributed by atoms with E-state index >= 15 is 0 Å². The fraction of sp³-hybridized carbons (Fsp3) is 0.956. The van der Waals surface area contributed by atoms with Gasteiger partial charge in [0.2, 0.25) is 0 Å². The molecule has 8 fully saturated rings. The summed E-state index contributed by atoms with van der Waals surface area (Å²) in [5, 5.41) is 99.6. The predicted molar refractivity (Wildman–Crippen MR) is 216 cm³/mol. The first-order chi connectivity index (χ1) is 29.4. The molecule has 26 atom stereocenters. The van der Waals surface area contributed by atoms with Gasteiger partial charge in [0.15, 0.2) is 18.9 Å². The van der Waals surface area contributed by atoms with Crippen molar-refractivity contribution in [3.63, 3.8) is 0 Å². The highest BCUT2D eigenvalue weighted by Gasteiger charge is 2.68. The Balaban J connectivity index is 0.917. The Morgan fingerprint density at radius 1 is 0.694 bits per heavy atom. The molecule has 9 aliphatic rings. The lowest BCUT2D eigenvalue weighted by molar-refractivity contribution is -0.389. The summed E-state index contributed by atoms with van der Waals surface area (Å²) in [7, 11) is 0. The van der Waals surface area contributed by atoms with Crippen molar-refractivity contribution in [1.29, 1.82) is 0 Å². The zero-order valence-electron chi connectivity index (χ0n) is 36.7. The molecule has 17 nitrogen and oxygen atoms in total. The number of allylic oxidation sites excluding steroid dienone is 1. The van der Waals surface area contributed by atoms with Gasteiger partial charge in [-0.1, -0.05) is 39.3 Å². The highest BCUT2D eigenvalue weighted by molar-refractivity contribution is 5.26. The van der Waals surface area contributed by atoms with Crippen LogP contribution in [0.2, 0.25) is 0 Å². The third-order valence-electron chi connectivity index (χ3n) is 17.9. The lowest BCUT2D eigenvalue weighted by atomic mass is 9.47. The first-order valence-electron chi connectivity index (χ1n) is 23.5. The van der Waals surface area contributed by atoms with E-state index in [0.717, 1.165) is 38.6 Å². The van der Waals surface area contributed by atoms with E-state index < -0.39 is 105 Å². The van der Waals surface area contributed by atoms with Gasteiger partial charge < -0.3 is 79.1 Å². The molecule has 0 radical (unpaired) electrons. The number of nitrogens with one attached hydrogen (secondary N) is 1. The zero-order valence-corrected chi connectivity index (χ0v) is 36.7. The maximum absolute atomic E-state index is 12.0. The van der Waals surface area contributed by atoms with Crippen molar-refractivity contribution in [2.45, 2.75) is 202 Å². The van der Waals surface area contributed by atoms with Crippen molar-refractivity contribution in [1.82, 2.24) is 5.32 Å². The Morgan fingerprint density at radius 3 is 2.06 bits per heavy atom. The number of piperidine rings is 1. The van der Waals surface area contributed by atoms with E-state index in [9.17, 15) is 46.0 Å². The van der Waals surface area contributed by atoms with E-state index in [1.165, 1.54) is 25.3 Å². The lowest BCUT2D eigenvalue weighted by Crippen LogP contribution is -2.67. The fourth-order valence-electron chi connectivity index (χ4n) is 14.2. The Kier molecular flexibility index (Phi) is 12.9. The van der Waals surface area contributed by atoms with Crippen LogP contribution in [0.1, 0.15) is 92.4 Å². The van der Waals surface area contributed by atoms with Crippen LogP contribution in [0.5, 0.6) is 0 Å². The van der Waals surface area contributed by atoms with Crippen LogP contribution < -0.4 is 5.32 Å². The summed E-state index contributed by atoms with van der Waals surface area (Å²) >= 11 is 0. The van der Waals surface area contributed by atoms with Crippen LogP contribution in [-0.2, 0) is 33.2 Å². The van der Waals surface area contributed by atoms with Gasteiger partial charge in [0.05, 0.1) is 31.5 Å². The molecular weight excluding hydrogens is 810 g/mol. The van der Waals surface area contributed by atoms with Crippen LogP contribution in [-0.4, -0.2) is 176 Å². The van der Waals surface area contributed by atoms with Crippen molar-refractivity contribution < 1.29 is 79.1 Å². The molecule has 9 rings (SSSR count). The molecule has 354 valence electrons. The number of aliphatic hydroxyl groups is 9. The van der Waals surface area contributed by atoms with Crippen LogP contribution in [0, 0.1) is 46.3 Å². The molecule has 5 heterocycles. The average molecular weight is 884 g/mol. The fourth-order valence-corrected chi connectivity index (χ4v) is 14.2. The molecule has 5 saturated heterocycles. The van der Waals surface area contributed by atoms with Crippen molar-refractivity contribution in [3.8, 4) is 0 Å². The summed E-state index contributed by atoms with van der Waals surface area (Å²) in [5.41, 5.74) is 1.35. The highest BCUT2D eigenvalue weighted by atomic mass is 16.8. The number of ether oxygens (including phenoxy) is 7. The van der Waals surface area contributed by atoms with Gasteiger partial charge in [-0.15, -0.1) is 0 Å². The van der Waals surface area contributed by atoms with Gasteiger partial charge in [-0.25, -0.2) is 0 Å². The standard InChI is InChI=1S/C45H73NO16/c1-19-8-13-45(46-16-19)20(2)30-27(62-45)15-26-24-7-6-22-14-23(9-11-43(22,4)25(24)10-12-44(26,30)5)57-42-39(61-40-35(53)33(51)31(49)21(3)56-40)37(55)38(29(18-48)59-42)60-41-36(54)34(52)32(50)28(17-47)58-41/h6,19-21,23-42,46-55H,7-18H2,1-5H3/t19-,20+,21+,23+,24-,25+,26-,27+,28-,29-,30+,31+,32-,33-,34+,35-,36-,37+,38-,39-,40+,41+,42-,43+,44+,45-/m1/s1. The molecule has 0 aromatic rings. The van der Waals surface area contributed by atoms with Crippen LogP contribution in [0.4, 0.5) is 0 Å². The van der Waals surface area contributed by atoms with Crippen molar-refractivity contribution in [2.24, 2.45) is 46.3 Å². The minimum Gasteiger partial charge on any atom is -0.394 e. The van der Waals surface area contributed by atoms with E-state index in [2.05, 4.69) is 39.1 Å². The molecular formula is C45H73NO16. The molecule has 62 heavy (non-hydrogen) atoms. The molecule has 17 heteroatoms. The third kappa shape index (κ3) is 7.49. The Hall–Kier alpha value is -0.940.